The van der Waals surface area contributed by atoms with E-state index in [4.69, 9.17) is 0 Å². The van der Waals surface area contributed by atoms with Crippen LogP contribution in [0.4, 0.5) is 0 Å². The first-order valence-electron chi connectivity index (χ1n) is 4.44. The third-order valence-electron chi connectivity index (χ3n) is 2.16. The smallest absolute Gasteiger partial charge is 0.0303 e. The van der Waals surface area contributed by atoms with Crippen LogP contribution in [0.3, 0.4) is 0 Å². The Morgan fingerprint density at radius 2 is 2.07 bits per heavy atom. The van der Waals surface area contributed by atoms with Crippen LogP contribution < -0.4 is 0 Å². The van der Waals surface area contributed by atoms with Crippen LogP contribution in [0.15, 0.2) is 47.2 Å². The SMILES string of the molecule is Cc1cnccc1-c1cccc(Br)c1. The first-order chi connectivity index (χ1) is 6.77. The second kappa shape index (κ2) is 3.93. The Kier molecular flexibility index (Phi) is 2.64. The number of aryl methyl sites for hydroxylation is 1. The number of aromatic nitrogens is 1. The molecule has 0 aliphatic carbocycles. The minimum Gasteiger partial charge on any atom is -0.264 e. The quantitative estimate of drug-likeness (QED) is 0.747. The van der Waals surface area contributed by atoms with Gasteiger partial charge in [0.05, 0.1) is 0 Å². The van der Waals surface area contributed by atoms with Crippen molar-refractivity contribution in [2.24, 2.45) is 0 Å². The average Bonchev–Trinajstić information content (AvgIpc) is 2.18. The van der Waals surface area contributed by atoms with Crippen LogP contribution in [0.2, 0.25) is 0 Å². The summed E-state index contributed by atoms with van der Waals surface area (Å²) < 4.78 is 1.10. The zero-order chi connectivity index (χ0) is 9.97. The Balaban J connectivity index is 2.55. The molecule has 1 heterocycles. The van der Waals surface area contributed by atoms with E-state index in [1.54, 1.807) is 0 Å². The Morgan fingerprint density at radius 3 is 2.79 bits per heavy atom. The number of pyridine rings is 1. The lowest BCUT2D eigenvalue weighted by Gasteiger charge is -2.04. The van der Waals surface area contributed by atoms with Crippen molar-refractivity contribution < 1.29 is 0 Å². The number of nitrogens with zero attached hydrogens (tertiary/aromatic N) is 1. The van der Waals surface area contributed by atoms with Crippen molar-refractivity contribution in [1.82, 2.24) is 4.98 Å². The van der Waals surface area contributed by atoms with Crippen LogP contribution >= 0.6 is 15.9 Å². The molecule has 70 valence electrons. The van der Waals surface area contributed by atoms with E-state index in [9.17, 15) is 0 Å². The molecule has 1 aromatic carbocycles. The van der Waals surface area contributed by atoms with Crippen molar-refractivity contribution in [2.45, 2.75) is 6.92 Å². The molecule has 2 heteroatoms. The van der Waals surface area contributed by atoms with Gasteiger partial charge in [0.1, 0.15) is 0 Å². The van der Waals surface area contributed by atoms with Crippen molar-refractivity contribution in [3.05, 3.63) is 52.8 Å². The van der Waals surface area contributed by atoms with E-state index in [0.717, 1.165) is 4.47 Å². The molecular formula is C12H10BrN. The molecule has 0 atom stereocenters. The van der Waals surface area contributed by atoms with Gasteiger partial charge in [-0.05, 0) is 41.8 Å². The summed E-state index contributed by atoms with van der Waals surface area (Å²) in [6.07, 6.45) is 3.71. The number of halogens is 1. The van der Waals surface area contributed by atoms with Gasteiger partial charge in [-0.2, -0.15) is 0 Å². The number of hydrogen-bond donors (Lipinski definition) is 0. The van der Waals surface area contributed by atoms with Crippen LogP contribution in [-0.2, 0) is 0 Å². The van der Waals surface area contributed by atoms with E-state index >= 15 is 0 Å². The molecule has 0 bridgehead atoms. The summed E-state index contributed by atoms with van der Waals surface area (Å²) in [6, 6.07) is 10.3. The Bertz CT molecular complexity index is 452. The summed E-state index contributed by atoms with van der Waals surface area (Å²) in [5.41, 5.74) is 3.66. The fourth-order valence-electron chi connectivity index (χ4n) is 1.45. The monoisotopic (exact) mass is 247 g/mol. The van der Waals surface area contributed by atoms with Gasteiger partial charge in [-0.25, -0.2) is 0 Å². The molecule has 14 heavy (non-hydrogen) atoms. The summed E-state index contributed by atoms with van der Waals surface area (Å²) in [5.74, 6) is 0. The van der Waals surface area contributed by atoms with E-state index < -0.39 is 0 Å². The highest BCUT2D eigenvalue weighted by Gasteiger charge is 2.00. The Hall–Kier alpha value is -1.15. The number of rotatable bonds is 1. The summed E-state index contributed by atoms with van der Waals surface area (Å²) in [6.45, 7) is 2.07. The van der Waals surface area contributed by atoms with Gasteiger partial charge in [0.2, 0.25) is 0 Å². The topological polar surface area (TPSA) is 12.9 Å². The molecule has 2 rings (SSSR count). The largest absolute Gasteiger partial charge is 0.264 e. The molecule has 1 nitrogen and oxygen atoms in total. The molecule has 1 aromatic heterocycles. The van der Waals surface area contributed by atoms with Crippen molar-refractivity contribution in [2.75, 3.05) is 0 Å². The van der Waals surface area contributed by atoms with Crippen LogP contribution in [-0.4, -0.2) is 4.98 Å². The fourth-order valence-corrected chi connectivity index (χ4v) is 1.85. The Labute approximate surface area is 91.9 Å². The summed E-state index contributed by atoms with van der Waals surface area (Å²) in [4.78, 5) is 4.08. The van der Waals surface area contributed by atoms with Crippen molar-refractivity contribution in [3.63, 3.8) is 0 Å². The summed E-state index contributed by atoms with van der Waals surface area (Å²) >= 11 is 3.47. The summed E-state index contributed by atoms with van der Waals surface area (Å²) in [5, 5.41) is 0. The molecule has 0 spiro atoms. The maximum Gasteiger partial charge on any atom is 0.0303 e. The van der Waals surface area contributed by atoms with Crippen LogP contribution in [0.5, 0.6) is 0 Å². The highest BCUT2D eigenvalue weighted by Crippen LogP contribution is 2.24. The molecule has 0 unspecified atom stereocenters. The molecule has 0 saturated carbocycles. The molecule has 0 aliphatic rings. The highest BCUT2D eigenvalue weighted by atomic mass is 79.9. The van der Waals surface area contributed by atoms with E-state index in [-0.39, 0.29) is 0 Å². The number of hydrogen-bond acceptors (Lipinski definition) is 1. The van der Waals surface area contributed by atoms with Gasteiger partial charge < -0.3 is 0 Å². The van der Waals surface area contributed by atoms with Crippen LogP contribution in [0, 0.1) is 6.92 Å². The molecule has 0 aliphatic heterocycles. The van der Waals surface area contributed by atoms with Crippen molar-refractivity contribution in [3.8, 4) is 11.1 Å². The normalized spacial score (nSPS) is 10.1. The predicted octanol–water partition coefficient (Wildman–Crippen LogP) is 3.82. The first-order valence-corrected chi connectivity index (χ1v) is 5.23. The first kappa shape index (κ1) is 9.41. The lowest BCUT2D eigenvalue weighted by molar-refractivity contribution is 1.27. The third-order valence-corrected chi connectivity index (χ3v) is 2.65. The summed E-state index contributed by atoms with van der Waals surface area (Å²) in [7, 11) is 0. The van der Waals surface area contributed by atoms with Gasteiger partial charge in [0.25, 0.3) is 0 Å². The van der Waals surface area contributed by atoms with Gasteiger partial charge in [-0.3, -0.25) is 4.98 Å². The number of benzene rings is 1. The van der Waals surface area contributed by atoms with Gasteiger partial charge in [-0.1, -0.05) is 28.1 Å². The van der Waals surface area contributed by atoms with Crippen LogP contribution in [0.1, 0.15) is 5.56 Å². The second-order valence-corrected chi connectivity index (χ2v) is 4.12. The highest BCUT2D eigenvalue weighted by molar-refractivity contribution is 9.10. The van der Waals surface area contributed by atoms with E-state index in [1.165, 1.54) is 16.7 Å². The standard InChI is InChI=1S/C12H10BrN/c1-9-8-14-6-5-12(9)10-3-2-4-11(13)7-10/h2-8H,1H3. The molecule has 0 N–H and O–H groups in total. The lowest BCUT2D eigenvalue weighted by atomic mass is 10.0. The zero-order valence-corrected chi connectivity index (χ0v) is 9.45. The van der Waals surface area contributed by atoms with Crippen molar-refractivity contribution >= 4 is 15.9 Å². The zero-order valence-electron chi connectivity index (χ0n) is 7.87. The fraction of sp³-hybridized carbons (Fsp3) is 0.0833. The maximum absolute atomic E-state index is 4.08. The maximum atomic E-state index is 4.08. The molecule has 0 saturated heterocycles. The van der Waals surface area contributed by atoms with Gasteiger partial charge in [-0.15, -0.1) is 0 Å². The molecule has 2 aromatic rings. The lowest BCUT2D eigenvalue weighted by Crippen LogP contribution is -1.83. The van der Waals surface area contributed by atoms with Crippen molar-refractivity contribution in [1.29, 1.82) is 0 Å². The Morgan fingerprint density at radius 1 is 1.21 bits per heavy atom. The minimum atomic E-state index is 1.10. The van der Waals surface area contributed by atoms with E-state index in [1.807, 2.05) is 30.6 Å². The molecular weight excluding hydrogens is 238 g/mol. The molecule has 0 fully saturated rings. The average molecular weight is 248 g/mol. The van der Waals surface area contributed by atoms with E-state index in [0.29, 0.717) is 0 Å². The third kappa shape index (κ3) is 1.85. The van der Waals surface area contributed by atoms with Gasteiger partial charge in [0.15, 0.2) is 0 Å². The van der Waals surface area contributed by atoms with E-state index in [2.05, 4.69) is 40.0 Å². The van der Waals surface area contributed by atoms with Gasteiger partial charge in [0, 0.05) is 16.9 Å². The molecule has 0 amide bonds. The van der Waals surface area contributed by atoms with Crippen LogP contribution in [0.25, 0.3) is 11.1 Å². The molecule has 0 radical (unpaired) electrons. The minimum absolute atomic E-state index is 1.10. The predicted molar refractivity (Wildman–Crippen MR) is 62.1 cm³/mol. The van der Waals surface area contributed by atoms with Gasteiger partial charge >= 0.3 is 0 Å². The second-order valence-electron chi connectivity index (χ2n) is 3.20.